The SMILES string of the molecule is CC1=C(C(=O)Nc2ccccc2)C(c2ccccc2Cl)NC(=S)N1C. The first-order valence-electron chi connectivity index (χ1n) is 7.85. The van der Waals surface area contributed by atoms with E-state index in [2.05, 4.69) is 10.6 Å². The number of anilines is 1. The van der Waals surface area contributed by atoms with Gasteiger partial charge < -0.3 is 15.5 Å². The number of rotatable bonds is 3. The molecular formula is C19H18ClN3OS. The van der Waals surface area contributed by atoms with Crippen LogP contribution in [0.15, 0.2) is 65.9 Å². The second-order valence-electron chi connectivity index (χ2n) is 5.78. The maximum absolute atomic E-state index is 13.0. The van der Waals surface area contributed by atoms with Gasteiger partial charge in [-0.05, 0) is 42.9 Å². The van der Waals surface area contributed by atoms with E-state index in [0.29, 0.717) is 15.7 Å². The maximum Gasteiger partial charge on any atom is 0.255 e. The fraction of sp³-hybridized carbons (Fsp3) is 0.158. The lowest BCUT2D eigenvalue weighted by Gasteiger charge is -2.36. The predicted octanol–water partition coefficient (Wildman–Crippen LogP) is 4.11. The lowest BCUT2D eigenvalue weighted by molar-refractivity contribution is -0.113. The van der Waals surface area contributed by atoms with E-state index in [1.54, 1.807) is 4.90 Å². The third-order valence-corrected chi connectivity index (χ3v) is 4.98. The number of halogens is 1. The van der Waals surface area contributed by atoms with Crippen LogP contribution in [0.4, 0.5) is 5.69 Å². The van der Waals surface area contributed by atoms with E-state index in [0.717, 1.165) is 16.9 Å². The highest BCUT2D eigenvalue weighted by molar-refractivity contribution is 7.80. The zero-order chi connectivity index (χ0) is 18.0. The molecule has 1 unspecified atom stereocenters. The summed E-state index contributed by atoms with van der Waals surface area (Å²) in [5.74, 6) is -0.185. The monoisotopic (exact) mass is 371 g/mol. The standard InChI is InChI=1S/C19H18ClN3OS/c1-12-16(18(24)21-13-8-4-3-5-9-13)17(22-19(25)23(12)2)14-10-6-7-11-15(14)20/h3-11,17H,1-2H3,(H,21,24)(H,22,25). The van der Waals surface area contributed by atoms with Crippen molar-refractivity contribution >= 4 is 40.5 Å². The molecule has 0 aromatic heterocycles. The first kappa shape index (κ1) is 17.5. The van der Waals surface area contributed by atoms with E-state index >= 15 is 0 Å². The number of benzene rings is 2. The van der Waals surface area contributed by atoms with Crippen LogP contribution in [-0.4, -0.2) is 23.0 Å². The number of hydrogen-bond donors (Lipinski definition) is 2. The second kappa shape index (κ2) is 7.25. The molecule has 6 heteroatoms. The van der Waals surface area contributed by atoms with Crippen LogP contribution in [0.2, 0.25) is 5.02 Å². The van der Waals surface area contributed by atoms with Crippen molar-refractivity contribution < 1.29 is 4.79 Å². The van der Waals surface area contributed by atoms with Crippen LogP contribution >= 0.6 is 23.8 Å². The summed E-state index contributed by atoms with van der Waals surface area (Å²) in [6.07, 6.45) is 0. The Balaban J connectivity index is 2.03. The van der Waals surface area contributed by atoms with Crippen LogP contribution in [0.1, 0.15) is 18.5 Å². The number of allylic oxidation sites excluding steroid dienone is 1. The molecule has 1 aliphatic heterocycles. The highest BCUT2D eigenvalue weighted by Gasteiger charge is 2.33. The number of carbonyl (C=O) groups is 1. The van der Waals surface area contributed by atoms with Gasteiger partial charge in [-0.25, -0.2) is 0 Å². The molecule has 0 radical (unpaired) electrons. The van der Waals surface area contributed by atoms with Gasteiger partial charge in [0.25, 0.3) is 5.91 Å². The normalized spacial score (nSPS) is 17.3. The van der Waals surface area contributed by atoms with Crippen molar-refractivity contribution in [2.75, 3.05) is 12.4 Å². The quantitative estimate of drug-likeness (QED) is 0.797. The van der Waals surface area contributed by atoms with E-state index in [1.165, 1.54) is 0 Å². The zero-order valence-corrected chi connectivity index (χ0v) is 15.5. The molecule has 2 N–H and O–H groups in total. The van der Waals surface area contributed by atoms with Crippen LogP contribution in [0, 0.1) is 0 Å². The summed E-state index contributed by atoms with van der Waals surface area (Å²) in [5, 5.41) is 7.31. The summed E-state index contributed by atoms with van der Waals surface area (Å²) in [6.45, 7) is 1.89. The number of carbonyl (C=O) groups excluding carboxylic acids is 1. The molecule has 1 heterocycles. The molecule has 1 aliphatic rings. The number of hydrogen-bond acceptors (Lipinski definition) is 2. The lowest BCUT2D eigenvalue weighted by atomic mass is 9.94. The molecule has 1 amide bonds. The third-order valence-electron chi connectivity index (χ3n) is 4.25. The zero-order valence-electron chi connectivity index (χ0n) is 13.9. The van der Waals surface area contributed by atoms with Gasteiger partial charge in [0, 0.05) is 23.5 Å². The number of thiocarbonyl (C=S) groups is 1. The summed E-state index contributed by atoms with van der Waals surface area (Å²) in [4.78, 5) is 14.8. The molecule has 128 valence electrons. The Morgan fingerprint density at radius 2 is 1.80 bits per heavy atom. The largest absolute Gasteiger partial charge is 0.351 e. The summed E-state index contributed by atoms with van der Waals surface area (Å²) in [5.41, 5.74) is 2.94. The van der Waals surface area contributed by atoms with Gasteiger partial charge in [-0.1, -0.05) is 48.0 Å². The van der Waals surface area contributed by atoms with Crippen LogP contribution in [0.25, 0.3) is 0 Å². The molecule has 3 rings (SSSR count). The van der Waals surface area contributed by atoms with Gasteiger partial charge in [-0.3, -0.25) is 4.79 Å². The molecule has 0 spiro atoms. The van der Waals surface area contributed by atoms with Crippen molar-refractivity contribution in [3.05, 3.63) is 76.5 Å². The van der Waals surface area contributed by atoms with Gasteiger partial charge in [-0.2, -0.15) is 0 Å². The average Bonchev–Trinajstić information content (AvgIpc) is 2.60. The highest BCUT2D eigenvalue weighted by atomic mass is 35.5. The number of nitrogens with zero attached hydrogens (tertiary/aromatic N) is 1. The number of amides is 1. The molecule has 2 aromatic rings. The lowest BCUT2D eigenvalue weighted by Crippen LogP contribution is -2.46. The summed E-state index contributed by atoms with van der Waals surface area (Å²) in [6, 6.07) is 16.4. The third kappa shape index (κ3) is 3.52. The van der Waals surface area contributed by atoms with Gasteiger partial charge >= 0.3 is 0 Å². The van der Waals surface area contributed by atoms with Crippen molar-refractivity contribution in [2.45, 2.75) is 13.0 Å². The van der Waals surface area contributed by atoms with E-state index in [4.69, 9.17) is 23.8 Å². The Morgan fingerprint density at radius 3 is 2.48 bits per heavy atom. The Morgan fingerprint density at radius 1 is 1.16 bits per heavy atom. The summed E-state index contributed by atoms with van der Waals surface area (Å²) in [7, 11) is 1.84. The molecule has 0 saturated heterocycles. The molecular weight excluding hydrogens is 354 g/mol. The molecule has 0 fully saturated rings. The second-order valence-corrected chi connectivity index (χ2v) is 6.58. The summed E-state index contributed by atoms with van der Waals surface area (Å²) >= 11 is 11.8. The Kier molecular flexibility index (Phi) is 5.06. The van der Waals surface area contributed by atoms with E-state index in [1.807, 2.05) is 68.6 Å². The van der Waals surface area contributed by atoms with Crippen LogP contribution < -0.4 is 10.6 Å². The van der Waals surface area contributed by atoms with Crippen molar-refractivity contribution in [1.29, 1.82) is 0 Å². The Hall–Kier alpha value is -2.37. The van der Waals surface area contributed by atoms with Gasteiger partial charge in [0.15, 0.2) is 5.11 Å². The maximum atomic E-state index is 13.0. The van der Waals surface area contributed by atoms with Gasteiger partial charge in [0.1, 0.15) is 0 Å². The fourth-order valence-electron chi connectivity index (χ4n) is 2.79. The molecule has 1 atom stereocenters. The van der Waals surface area contributed by atoms with Gasteiger partial charge in [0.2, 0.25) is 0 Å². The smallest absolute Gasteiger partial charge is 0.255 e. The first-order chi connectivity index (χ1) is 12.0. The Bertz CT molecular complexity index is 851. The van der Waals surface area contributed by atoms with Crippen molar-refractivity contribution in [3.63, 3.8) is 0 Å². The predicted molar refractivity (Wildman–Crippen MR) is 105 cm³/mol. The average molecular weight is 372 g/mol. The molecule has 0 aliphatic carbocycles. The topological polar surface area (TPSA) is 44.4 Å². The fourth-order valence-corrected chi connectivity index (χ4v) is 3.29. The van der Waals surface area contributed by atoms with Gasteiger partial charge in [-0.15, -0.1) is 0 Å². The van der Waals surface area contributed by atoms with Crippen LogP contribution in [0.5, 0.6) is 0 Å². The molecule has 2 aromatic carbocycles. The number of nitrogens with one attached hydrogen (secondary N) is 2. The minimum absolute atomic E-state index is 0.185. The van der Waals surface area contributed by atoms with E-state index < -0.39 is 6.04 Å². The van der Waals surface area contributed by atoms with Crippen LogP contribution in [0.3, 0.4) is 0 Å². The van der Waals surface area contributed by atoms with E-state index in [9.17, 15) is 4.79 Å². The Labute approximate surface area is 157 Å². The first-order valence-corrected chi connectivity index (χ1v) is 8.63. The van der Waals surface area contributed by atoms with Crippen LogP contribution in [-0.2, 0) is 4.79 Å². The number of para-hydroxylation sites is 1. The minimum atomic E-state index is -0.402. The summed E-state index contributed by atoms with van der Waals surface area (Å²) < 4.78 is 0. The van der Waals surface area contributed by atoms with Crippen molar-refractivity contribution in [2.24, 2.45) is 0 Å². The molecule has 0 saturated carbocycles. The van der Waals surface area contributed by atoms with E-state index in [-0.39, 0.29) is 5.91 Å². The minimum Gasteiger partial charge on any atom is -0.351 e. The van der Waals surface area contributed by atoms with Crippen molar-refractivity contribution in [1.82, 2.24) is 10.2 Å². The van der Waals surface area contributed by atoms with Gasteiger partial charge in [0.05, 0.1) is 11.6 Å². The highest BCUT2D eigenvalue weighted by Crippen LogP contribution is 2.34. The van der Waals surface area contributed by atoms with Crippen molar-refractivity contribution in [3.8, 4) is 0 Å². The molecule has 4 nitrogen and oxygen atoms in total. The molecule has 25 heavy (non-hydrogen) atoms. The molecule has 0 bridgehead atoms.